The fourth-order valence-electron chi connectivity index (χ4n) is 1.54. The summed E-state index contributed by atoms with van der Waals surface area (Å²) in [6.45, 7) is 0.606. The summed E-state index contributed by atoms with van der Waals surface area (Å²) >= 11 is 0. The highest BCUT2D eigenvalue weighted by molar-refractivity contribution is 5.92. The molecule has 1 heterocycles. The molecule has 7 heteroatoms. The van der Waals surface area contributed by atoms with Crippen LogP contribution in [0.15, 0.2) is 0 Å². The van der Waals surface area contributed by atoms with Crippen LogP contribution in [-0.2, 0) is 14.4 Å². The summed E-state index contributed by atoms with van der Waals surface area (Å²) in [6, 6.07) is -1.52. The van der Waals surface area contributed by atoms with Gasteiger partial charge in [0.15, 0.2) is 0 Å². The first kappa shape index (κ1) is 12.4. The summed E-state index contributed by atoms with van der Waals surface area (Å²) in [4.78, 5) is 35.0. The quantitative estimate of drug-likeness (QED) is 0.494. The predicted molar refractivity (Wildman–Crippen MR) is 56.0 cm³/mol. The van der Waals surface area contributed by atoms with Crippen molar-refractivity contribution < 1.29 is 14.4 Å². The van der Waals surface area contributed by atoms with Crippen LogP contribution in [0.25, 0.3) is 0 Å². The van der Waals surface area contributed by atoms with E-state index in [9.17, 15) is 14.4 Å². The molecule has 0 radical (unpaired) electrons. The molecule has 1 saturated heterocycles. The second-order valence-electron chi connectivity index (χ2n) is 3.89. The Morgan fingerprint density at radius 1 is 1.62 bits per heavy atom. The molecule has 2 atom stereocenters. The summed E-state index contributed by atoms with van der Waals surface area (Å²) in [7, 11) is 1.66. The predicted octanol–water partition coefficient (Wildman–Crippen LogP) is -2.46. The van der Waals surface area contributed by atoms with Crippen molar-refractivity contribution in [1.82, 2.24) is 10.2 Å². The van der Waals surface area contributed by atoms with Gasteiger partial charge >= 0.3 is 0 Å². The van der Waals surface area contributed by atoms with Crippen LogP contribution in [-0.4, -0.2) is 48.3 Å². The first-order valence-corrected chi connectivity index (χ1v) is 5.01. The number of hydrogen-bond acceptors (Lipinski definition) is 4. The lowest BCUT2D eigenvalue weighted by atomic mass is 10.1. The lowest BCUT2D eigenvalue weighted by molar-refractivity contribution is -0.132. The third-order valence-corrected chi connectivity index (χ3v) is 2.50. The van der Waals surface area contributed by atoms with E-state index in [1.165, 1.54) is 4.90 Å². The lowest BCUT2D eigenvalue weighted by Gasteiger charge is -2.15. The zero-order valence-corrected chi connectivity index (χ0v) is 9.10. The van der Waals surface area contributed by atoms with Crippen molar-refractivity contribution in [2.24, 2.45) is 11.5 Å². The van der Waals surface area contributed by atoms with Gasteiger partial charge in [0.05, 0.1) is 12.5 Å². The molecule has 16 heavy (non-hydrogen) atoms. The van der Waals surface area contributed by atoms with Crippen LogP contribution in [0.2, 0.25) is 0 Å². The van der Waals surface area contributed by atoms with Gasteiger partial charge < -0.3 is 21.7 Å². The minimum absolute atomic E-state index is 0.139. The summed E-state index contributed by atoms with van der Waals surface area (Å²) in [5.74, 6) is -1.30. The van der Waals surface area contributed by atoms with Crippen molar-refractivity contribution in [3.8, 4) is 0 Å². The molecule has 1 rings (SSSR count). The number of carbonyl (C=O) groups is 3. The molecular weight excluding hydrogens is 212 g/mol. The summed E-state index contributed by atoms with van der Waals surface area (Å²) in [5.41, 5.74) is 10.4. The maximum Gasteiger partial charge on any atom is 0.244 e. The van der Waals surface area contributed by atoms with E-state index < -0.39 is 23.9 Å². The van der Waals surface area contributed by atoms with Crippen LogP contribution in [0.5, 0.6) is 0 Å². The van der Waals surface area contributed by atoms with Crippen molar-refractivity contribution in [2.75, 3.05) is 13.6 Å². The Morgan fingerprint density at radius 2 is 2.25 bits per heavy atom. The van der Waals surface area contributed by atoms with Crippen LogP contribution in [0.3, 0.4) is 0 Å². The summed E-state index contributed by atoms with van der Waals surface area (Å²) in [6.07, 6.45) is 0.340. The Labute approximate surface area is 93.1 Å². The van der Waals surface area contributed by atoms with E-state index in [0.29, 0.717) is 13.0 Å². The largest absolute Gasteiger partial charge is 0.370 e. The van der Waals surface area contributed by atoms with Gasteiger partial charge in [0, 0.05) is 13.6 Å². The highest BCUT2D eigenvalue weighted by atomic mass is 16.2. The third-order valence-electron chi connectivity index (χ3n) is 2.50. The molecule has 5 N–H and O–H groups in total. The van der Waals surface area contributed by atoms with Crippen molar-refractivity contribution in [2.45, 2.75) is 24.9 Å². The Bertz CT molecular complexity index is 318. The second kappa shape index (κ2) is 4.93. The molecule has 0 aromatic heterocycles. The Balaban J connectivity index is 2.45. The number of primary amides is 1. The van der Waals surface area contributed by atoms with Gasteiger partial charge in [-0.2, -0.15) is 0 Å². The molecule has 0 spiro atoms. The Kier molecular flexibility index (Phi) is 3.83. The molecule has 3 amide bonds. The SMILES string of the molecule is CN1CCC(NC(=O)C(N)CC(N)=O)C1=O. The molecule has 90 valence electrons. The number of carbonyl (C=O) groups excluding carboxylic acids is 3. The van der Waals surface area contributed by atoms with Crippen LogP contribution in [0.1, 0.15) is 12.8 Å². The normalized spacial score (nSPS) is 22.0. The molecule has 0 aliphatic carbocycles. The van der Waals surface area contributed by atoms with Gasteiger partial charge in [0.1, 0.15) is 6.04 Å². The number of nitrogens with one attached hydrogen (secondary N) is 1. The maximum absolute atomic E-state index is 11.5. The van der Waals surface area contributed by atoms with Gasteiger partial charge in [-0.1, -0.05) is 0 Å². The van der Waals surface area contributed by atoms with Crippen LogP contribution < -0.4 is 16.8 Å². The molecule has 1 aliphatic rings. The highest BCUT2D eigenvalue weighted by Gasteiger charge is 2.31. The molecule has 0 bridgehead atoms. The van der Waals surface area contributed by atoms with Gasteiger partial charge in [-0.3, -0.25) is 14.4 Å². The average molecular weight is 228 g/mol. The molecule has 2 unspecified atom stereocenters. The molecular formula is C9H16N4O3. The Morgan fingerprint density at radius 3 is 2.69 bits per heavy atom. The molecule has 7 nitrogen and oxygen atoms in total. The number of hydrogen-bond donors (Lipinski definition) is 3. The fourth-order valence-corrected chi connectivity index (χ4v) is 1.54. The first-order valence-electron chi connectivity index (χ1n) is 5.01. The first-order chi connectivity index (χ1) is 7.41. The van der Waals surface area contributed by atoms with Crippen LogP contribution in [0, 0.1) is 0 Å². The third kappa shape index (κ3) is 2.93. The highest BCUT2D eigenvalue weighted by Crippen LogP contribution is 2.08. The van der Waals surface area contributed by atoms with E-state index in [1.54, 1.807) is 7.05 Å². The number of rotatable bonds is 4. The number of likely N-dealkylation sites (tertiary alicyclic amines) is 1. The van der Waals surface area contributed by atoms with E-state index >= 15 is 0 Å². The zero-order valence-electron chi connectivity index (χ0n) is 9.10. The molecule has 0 aromatic rings. The van der Waals surface area contributed by atoms with Gasteiger partial charge in [-0.05, 0) is 6.42 Å². The number of likely N-dealkylation sites (N-methyl/N-ethyl adjacent to an activating group) is 1. The van der Waals surface area contributed by atoms with E-state index in [4.69, 9.17) is 11.5 Å². The van der Waals surface area contributed by atoms with Gasteiger partial charge in [0.25, 0.3) is 0 Å². The summed E-state index contributed by atoms with van der Waals surface area (Å²) in [5, 5.41) is 2.50. The van der Waals surface area contributed by atoms with E-state index in [2.05, 4.69) is 5.32 Å². The van der Waals surface area contributed by atoms with Crippen molar-refractivity contribution in [3.05, 3.63) is 0 Å². The van der Waals surface area contributed by atoms with Crippen LogP contribution in [0.4, 0.5) is 0 Å². The number of nitrogens with two attached hydrogens (primary N) is 2. The zero-order chi connectivity index (χ0) is 12.3. The molecule has 0 saturated carbocycles. The molecule has 1 aliphatic heterocycles. The maximum atomic E-state index is 11.5. The smallest absolute Gasteiger partial charge is 0.244 e. The Hall–Kier alpha value is -1.63. The van der Waals surface area contributed by atoms with Gasteiger partial charge in [-0.25, -0.2) is 0 Å². The number of amides is 3. The fraction of sp³-hybridized carbons (Fsp3) is 0.667. The minimum atomic E-state index is -0.990. The van der Waals surface area contributed by atoms with Crippen molar-refractivity contribution in [1.29, 1.82) is 0 Å². The van der Waals surface area contributed by atoms with E-state index in [-0.39, 0.29) is 12.3 Å². The van der Waals surface area contributed by atoms with Crippen LogP contribution >= 0.6 is 0 Å². The topological polar surface area (TPSA) is 119 Å². The average Bonchev–Trinajstić information content (AvgIpc) is 2.48. The lowest BCUT2D eigenvalue weighted by Crippen LogP contribution is -2.49. The standard InChI is InChI=1S/C9H16N4O3/c1-13-3-2-6(9(13)16)12-8(15)5(10)4-7(11)14/h5-6H,2-4,10H2,1H3,(H2,11,14)(H,12,15). The second-order valence-corrected chi connectivity index (χ2v) is 3.89. The minimum Gasteiger partial charge on any atom is -0.370 e. The molecule has 1 fully saturated rings. The summed E-state index contributed by atoms with van der Waals surface area (Å²) < 4.78 is 0. The molecule has 0 aromatic carbocycles. The number of nitrogens with zero attached hydrogens (tertiary/aromatic N) is 1. The van der Waals surface area contributed by atoms with Crippen molar-refractivity contribution in [3.63, 3.8) is 0 Å². The van der Waals surface area contributed by atoms with Gasteiger partial charge in [-0.15, -0.1) is 0 Å². The monoisotopic (exact) mass is 228 g/mol. The van der Waals surface area contributed by atoms with E-state index in [0.717, 1.165) is 0 Å². The van der Waals surface area contributed by atoms with Gasteiger partial charge in [0.2, 0.25) is 17.7 Å². The van der Waals surface area contributed by atoms with E-state index in [1.807, 2.05) is 0 Å². The van der Waals surface area contributed by atoms with Crippen molar-refractivity contribution >= 4 is 17.7 Å².